The Morgan fingerprint density at radius 3 is 2.50 bits per heavy atom. The molecule has 0 aliphatic heterocycles. The third kappa shape index (κ3) is 4.94. The predicted octanol–water partition coefficient (Wildman–Crippen LogP) is 0.572. The fourth-order valence-electron chi connectivity index (χ4n) is 2.13. The predicted molar refractivity (Wildman–Crippen MR) is 66.1 cm³/mol. The van der Waals surface area contributed by atoms with Crippen LogP contribution in [0.15, 0.2) is 0 Å². The molecular weight excluding hydrogens is 202 g/mol. The third-order valence-corrected chi connectivity index (χ3v) is 3.22. The van der Waals surface area contributed by atoms with Gasteiger partial charge in [-0.15, -0.1) is 0 Å². The second kappa shape index (κ2) is 6.86. The molecule has 0 atom stereocenters. The summed E-state index contributed by atoms with van der Waals surface area (Å²) >= 11 is 0. The fraction of sp³-hybridized carbons (Fsp3) is 0.917. The lowest BCUT2D eigenvalue weighted by Crippen LogP contribution is -2.37. The number of rotatable bonds is 5. The van der Waals surface area contributed by atoms with Crippen LogP contribution in [0.25, 0.3) is 0 Å². The average molecular weight is 227 g/mol. The molecular formula is C12H25N3O. The summed E-state index contributed by atoms with van der Waals surface area (Å²) in [6, 6.07) is 0.317. The largest absolute Gasteiger partial charge is 0.356 e. The van der Waals surface area contributed by atoms with Crippen molar-refractivity contribution in [1.82, 2.24) is 10.2 Å². The molecule has 0 spiro atoms. The number of nitrogens with two attached hydrogens (primary N) is 1. The summed E-state index contributed by atoms with van der Waals surface area (Å²) in [6.45, 7) is 1.81. The zero-order chi connectivity index (χ0) is 12.0. The zero-order valence-corrected chi connectivity index (χ0v) is 10.5. The van der Waals surface area contributed by atoms with Crippen LogP contribution in [0.4, 0.5) is 0 Å². The van der Waals surface area contributed by atoms with Crippen LogP contribution in [0.5, 0.6) is 0 Å². The van der Waals surface area contributed by atoms with Gasteiger partial charge in [-0.3, -0.25) is 4.79 Å². The number of carbonyl (C=O) groups excluding carboxylic acids is 1. The molecule has 3 N–H and O–H groups in total. The van der Waals surface area contributed by atoms with Crippen molar-refractivity contribution in [2.45, 2.75) is 38.1 Å². The van der Waals surface area contributed by atoms with Crippen LogP contribution in [0, 0.1) is 5.92 Å². The summed E-state index contributed by atoms with van der Waals surface area (Å²) in [5.74, 6) is 0.435. The molecule has 94 valence electrons. The fourth-order valence-corrected chi connectivity index (χ4v) is 2.13. The van der Waals surface area contributed by atoms with Gasteiger partial charge in [0.2, 0.25) is 5.91 Å². The first-order chi connectivity index (χ1) is 7.59. The molecule has 0 heterocycles. The molecule has 1 aliphatic rings. The van der Waals surface area contributed by atoms with Crippen LogP contribution in [0.1, 0.15) is 32.1 Å². The van der Waals surface area contributed by atoms with E-state index in [0.717, 1.165) is 45.2 Å². The van der Waals surface area contributed by atoms with Crippen LogP contribution < -0.4 is 11.1 Å². The van der Waals surface area contributed by atoms with Crippen molar-refractivity contribution >= 4 is 5.91 Å². The maximum atomic E-state index is 11.8. The smallest absolute Gasteiger partial charge is 0.223 e. The summed E-state index contributed by atoms with van der Waals surface area (Å²) < 4.78 is 0. The Hall–Kier alpha value is -0.610. The van der Waals surface area contributed by atoms with Crippen molar-refractivity contribution in [3.05, 3.63) is 0 Å². The van der Waals surface area contributed by atoms with Gasteiger partial charge in [0.1, 0.15) is 0 Å². The Morgan fingerprint density at radius 2 is 1.94 bits per heavy atom. The first-order valence-electron chi connectivity index (χ1n) is 6.27. The van der Waals surface area contributed by atoms with Crippen LogP contribution in [0.3, 0.4) is 0 Å². The van der Waals surface area contributed by atoms with E-state index >= 15 is 0 Å². The van der Waals surface area contributed by atoms with Gasteiger partial charge in [-0.25, -0.2) is 0 Å². The first-order valence-corrected chi connectivity index (χ1v) is 6.27. The van der Waals surface area contributed by atoms with Gasteiger partial charge in [0.15, 0.2) is 0 Å². The van der Waals surface area contributed by atoms with Gasteiger partial charge in [-0.2, -0.15) is 0 Å². The lowest BCUT2D eigenvalue weighted by Gasteiger charge is -2.25. The molecule has 0 radical (unpaired) electrons. The monoisotopic (exact) mass is 227 g/mol. The highest BCUT2D eigenvalue weighted by molar-refractivity contribution is 5.78. The number of amides is 1. The van der Waals surface area contributed by atoms with Gasteiger partial charge in [0.25, 0.3) is 0 Å². The molecule has 0 unspecified atom stereocenters. The Bertz CT molecular complexity index is 210. The molecule has 0 saturated heterocycles. The van der Waals surface area contributed by atoms with E-state index in [4.69, 9.17) is 5.73 Å². The molecule has 0 aromatic carbocycles. The van der Waals surface area contributed by atoms with Crippen LogP contribution in [-0.4, -0.2) is 44.0 Å². The molecule has 0 aromatic heterocycles. The van der Waals surface area contributed by atoms with E-state index in [2.05, 4.69) is 10.2 Å². The Balaban J connectivity index is 2.10. The van der Waals surface area contributed by atoms with Gasteiger partial charge in [0.05, 0.1) is 0 Å². The average Bonchev–Trinajstić information content (AvgIpc) is 2.25. The van der Waals surface area contributed by atoms with Gasteiger partial charge >= 0.3 is 0 Å². The van der Waals surface area contributed by atoms with Gasteiger partial charge in [0, 0.05) is 18.5 Å². The standard InChI is InChI=1S/C12H25N3O/c1-15(2)9-3-8-14-12(16)10-4-6-11(13)7-5-10/h10-11H,3-9,13H2,1-2H3,(H,14,16). The van der Waals surface area contributed by atoms with E-state index in [0.29, 0.717) is 6.04 Å². The van der Waals surface area contributed by atoms with Crippen LogP contribution in [-0.2, 0) is 4.79 Å². The molecule has 1 amide bonds. The molecule has 1 rings (SSSR count). The highest BCUT2D eigenvalue weighted by atomic mass is 16.1. The van der Waals surface area contributed by atoms with Crippen LogP contribution >= 0.6 is 0 Å². The summed E-state index contributed by atoms with van der Waals surface area (Å²) in [4.78, 5) is 13.9. The molecule has 0 bridgehead atoms. The van der Waals surface area contributed by atoms with E-state index in [1.807, 2.05) is 14.1 Å². The van der Waals surface area contributed by atoms with Crippen molar-refractivity contribution < 1.29 is 4.79 Å². The number of nitrogens with one attached hydrogen (secondary N) is 1. The molecule has 1 saturated carbocycles. The highest BCUT2D eigenvalue weighted by Crippen LogP contribution is 2.22. The molecule has 0 aromatic rings. The lowest BCUT2D eigenvalue weighted by molar-refractivity contribution is -0.126. The first kappa shape index (κ1) is 13.5. The van der Waals surface area contributed by atoms with Crippen molar-refractivity contribution in [2.24, 2.45) is 11.7 Å². The van der Waals surface area contributed by atoms with Crippen molar-refractivity contribution in [1.29, 1.82) is 0 Å². The van der Waals surface area contributed by atoms with Crippen molar-refractivity contribution in [3.63, 3.8) is 0 Å². The molecule has 1 fully saturated rings. The summed E-state index contributed by atoms with van der Waals surface area (Å²) in [7, 11) is 4.09. The zero-order valence-electron chi connectivity index (χ0n) is 10.5. The quantitative estimate of drug-likeness (QED) is 0.675. The Kier molecular flexibility index (Phi) is 5.77. The van der Waals surface area contributed by atoms with Crippen molar-refractivity contribution in [3.8, 4) is 0 Å². The van der Waals surface area contributed by atoms with E-state index in [-0.39, 0.29) is 11.8 Å². The molecule has 16 heavy (non-hydrogen) atoms. The maximum Gasteiger partial charge on any atom is 0.223 e. The van der Waals surface area contributed by atoms with E-state index < -0.39 is 0 Å². The number of carbonyl (C=O) groups is 1. The van der Waals surface area contributed by atoms with Gasteiger partial charge in [-0.1, -0.05) is 0 Å². The van der Waals surface area contributed by atoms with Gasteiger partial charge in [-0.05, 0) is 52.7 Å². The van der Waals surface area contributed by atoms with Gasteiger partial charge < -0.3 is 16.0 Å². The number of nitrogens with zero attached hydrogens (tertiary/aromatic N) is 1. The van der Waals surface area contributed by atoms with E-state index in [9.17, 15) is 4.79 Å². The SMILES string of the molecule is CN(C)CCCNC(=O)C1CCC(N)CC1. The summed E-state index contributed by atoms with van der Waals surface area (Å²) in [6.07, 6.45) is 4.93. The van der Waals surface area contributed by atoms with Crippen molar-refractivity contribution in [2.75, 3.05) is 27.2 Å². The minimum absolute atomic E-state index is 0.208. The van der Waals surface area contributed by atoms with E-state index in [1.54, 1.807) is 0 Å². The number of hydrogen-bond donors (Lipinski definition) is 2. The summed E-state index contributed by atoms with van der Waals surface area (Å²) in [5.41, 5.74) is 5.81. The van der Waals surface area contributed by atoms with E-state index in [1.165, 1.54) is 0 Å². The van der Waals surface area contributed by atoms with Crippen LogP contribution in [0.2, 0.25) is 0 Å². The highest BCUT2D eigenvalue weighted by Gasteiger charge is 2.23. The molecule has 4 nitrogen and oxygen atoms in total. The second-order valence-corrected chi connectivity index (χ2v) is 5.06. The topological polar surface area (TPSA) is 58.4 Å². The Morgan fingerprint density at radius 1 is 1.31 bits per heavy atom. The maximum absolute atomic E-state index is 11.8. The number of hydrogen-bond acceptors (Lipinski definition) is 3. The lowest BCUT2D eigenvalue weighted by atomic mass is 9.86. The summed E-state index contributed by atoms with van der Waals surface area (Å²) in [5, 5.41) is 3.02. The third-order valence-electron chi connectivity index (χ3n) is 3.22. The molecule has 4 heteroatoms. The Labute approximate surface area is 98.6 Å². The normalized spacial score (nSPS) is 25.8. The second-order valence-electron chi connectivity index (χ2n) is 5.06. The molecule has 1 aliphatic carbocycles. The minimum Gasteiger partial charge on any atom is -0.356 e. The minimum atomic E-state index is 0.208.